The zero-order chi connectivity index (χ0) is 13.6. The molecule has 0 aromatic heterocycles. The molecule has 0 aliphatic heterocycles. The first kappa shape index (κ1) is 14.7. The van der Waals surface area contributed by atoms with E-state index in [-0.39, 0.29) is 5.41 Å². The van der Waals surface area contributed by atoms with Gasteiger partial charge in [0.2, 0.25) is 0 Å². The highest BCUT2D eigenvalue weighted by Crippen LogP contribution is 2.48. The van der Waals surface area contributed by atoms with E-state index >= 15 is 0 Å². The molecule has 1 aliphatic carbocycles. The van der Waals surface area contributed by atoms with Crippen LogP contribution >= 0.6 is 0 Å². The zero-order valence-electron chi connectivity index (χ0n) is 10.4. The fraction of sp³-hybridized carbons (Fsp3) is 0.818. The number of carbonyl (C=O) groups is 2. The number of carboxylic acid groups (broad SMARTS) is 1. The third kappa shape index (κ3) is 4.50. The molecule has 0 radical (unpaired) electrons. The van der Waals surface area contributed by atoms with Crippen molar-refractivity contribution in [2.24, 2.45) is 5.41 Å². The summed E-state index contributed by atoms with van der Waals surface area (Å²) in [7, 11) is 1.63. The number of aliphatic hydroxyl groups is 1. The van der Waals surface area contributed by atoms with E-state index in [4.69, 9.17) is 14.9 Å². The fourth-order valence-corrected chi connectivity index (χ4v) is 1.67. The number of methoxy groups -OCH3 is 1. The molecule has 4 N–H and O–H groups in total. The molecule has 0 bridgehead atoms. The van der Waals surface area contributed by atoms with Crippen LogP contribution in [0.1, 0.15) is 19.3 Å². The lowest BCUT2D eigenvalue weighted by molar-refractivity contribution is -0.140. The lowest BCUT2D eigenvalue weighted by atomic mass is 10.0. The van der Waals surface area contributed by atoms with Crippen LogP contribution in [0.3, 0.4) is 0 Å². The lowest BCUT2D eigenvalue weighted by Gasteiger charge is -2.17. The van der Waals surface area contributed by atoms with Gasteiger partial charge in [-0.25, -0.2) is 9.59 Å². The molecular weight excluding hydrogens is 240 g/mol. The Labute approximate surface area is 106 Å². The lowest BCUT2D eigenvalue weighted by Crippen LogP contribution is -2.49. The van der Waals surface area contributed by atoms with Crippen LogP contribution in [0.25, 0.3) is 0 Å². The fourth-order valence-electron chi connectivity index (χ4n) is 1.67. The van der Waals surface area contributed by atoms with Gasteiger partial charge in [0.15, 0.2) is 6.04 Å². The number of urea groups is 1. The minimum atomic E-state index is -1.26. The Hall–Kier alpha value is -1.34. The van der Waals surface area contributed by atoms with Gasteiger partial charge >= 0.3 is 12.0 Å². The standard InChI is InChI=1S/C11H20N2O5/c1-18-5-4-11(2-3-11)7-12-10(17)13-8(6-14)9(15)16/h8,14H,2-7H2,1H3,(H,15,16)(H2,12,13,17)/t8-/m1/s1. The van der Waals surface area contributed by atoms with Crippen molar-refractivity contribution in [3.05, 3.63) is 0 Å². The number of nitrogens with one attached hydrogen (secondary N) is 2. The average molecular weight is 260 g/mol. The predicted molar refractivity (Wildman–Crippen MR) is 63.2 cm³/mol. The molecule has 1 fully saturated rings. The van der Waals surface area contributed by atoms with Crippen molar-refractivity contribution >= 4 is 12.0 Å². The summed E-state index contributed by atoms with van der Waals surface area (Å²) in [5.41, 5.74) is 0.102. The second-order valence-electron chi connectivity index (χ2n) is 4.64. The molecular formula is C11H20N2O5. The van der Waals surface area contributed by atoms with Crippen LogP contribution in [-0.4, -0.2) is 55.1 Å². The SMILES string of the molecule is COCCC1(CNC(=O)N[C@H](CO)C(=O)O)CC1. The van der Waals surface area contributed by atoms with E-state index in [9.17, 15) is 9.59 Å². The van der Waals surface area contributed by atoms with E-state index < -0.39 is 24.6 Å². The minimum absolute atomic E-state index is 0.102. The molecule has 18 heavy (non-hydrogen) atoms. The molecule has 0 spiro atoms. The number of hydrogen-bond acceptors (Lipinski definition) is 4. The van der Waals surface area contributed by atoms with Crippen molar-refractivity contribution in [1.29, 1.82) is 0 Å². The maximum Gasteiger partial charge on any atom is 0.328 e. The summed E-state index contributed by atoms with van der Waals surface area (Å²) < 4.78 is 5.00. The van der Waals surface area contributed by atoms with Crippen LogP contribution in [0.4, 0.5) is 4.79 Å². The Bertz CT molecular complexity index is 304. The highest BCUT2D eigenvalue weighted by molar-refractivity contribution is 5.82. The monoisotopic (exact) mass is 260 g/mol. The molecule has 7 heteroatoms. The minimum Gasteiger partial charge on any atom is -0.480 e. The topological polar surface area (TPSA) is 108 Å². The number of carbonyl (C=O) groups excluding carboxylic acids is 1. The molecule has 0 aromatic rings. The van der Waals surface area contributed by atoms with Gasteiger partial charge in [-0.05, 0) is 24.7 Å². The molecule has 0 unspecified atom stereocenters. The van der Waals surface area contributed by atoms with Crippen LogP contribution < -0.4 is 10.6 Å². The first-order chi connectivity index (χ1) is 8.53. The number of ether oxygens (including phenoxy) is 1. The van der Waals surface area contributed by atoms with Crippen molar-refractivity contribution in [3.63, 3.8) is 0 Å². The van der Waals surface area contributed by atoms with Crippen molar-refractivity contribution in [2.45, 2.75) is 25.3 Å². The normalized spacial score (nSPS) is 17.9. The van der Waals surface area contributed by atoms with Gasteiger partial charge in [-0.2, -0.15) is 0 Å². The van der Waals surface area contributed by atoms with Crippen molar-refractivity contribution in [3.8, 4) is 0 Å². The van der Waals surface area contributed by atoms with Crippen molar-refractivity contribution in [1.82, 2.24) is 10.6 Å². The van der Waals surface area contributed by atoms with Gasteiger partial charge in [0.05, 0.1) is 6.61 Å². The Morgan fingerprint density at radius 3 is 2.56 bits per heavy atom. The Kier molecular flexibility index (Phi) is 5.36. The molecule has 1 atom stereocenters. The molecule has 0 saturated heterocycles. The quantitative estimate of drug-likeness (QED) is 0.472. The molecule has 7 nitrogen and oxygen atoms in total. The molecule has 0 aromatic carbocycles. The van der Waals surface area contributed by atoms with Crippen LogP contribution in [0.2, 0.25) is 0 Å². The second-order valence-corrected chi connectivity index (χ2v) is 4.64. The summed E-state index contributed by atoms with van der Waals surface area (Å²) >= 11 is 0. The number of hydrogen-bond donors (Lipinski definition) is 4. The molecule has 2 amide bonds. The third-order valence-electron chi connectivity index (χ3n) is 3.20. The predicted octanol–water partition coefficient (Wildman–Crippen LogP) is -0.452. The number of aliphatic carboxylic acids is 1. The zero-order valence-corrected chi connectivity index (χ0v) is 10.4. The van der Waals surface area contributed by atoms with Crippen LogP contribution in [0, 0.1) is 5.41 Å². The molecule has 1 saturated carbocycles. The highest BCUT2D eigenvalue weighted by atomic mass is 16.5. The van der Waals surface area contributed by atoms with E-state index in [0.717, 1.165) is 19.3 Å². The first-order valence-corrected chi connectivity index (χ1v) is 5.90. The Morgan fingerprint density at radius 2 is 2.11 bits per heavy atom. The number of amides is 2. The Morgan fingerprint density at radius 1 is 1.44 bits per heavy atom. The average Bonchev–Trinajstić information content (AvgIpc) is 3.11. The summed E-state index contributed by atoms with van der Waals surface area (Å²) in [6.07, 6.45) is 2.96. The van der Waals surface area contributed by atoms with E-state index in [1.54, 1.807) is 7.11 Å². The van der Waals surface area contributed by atoms with E-state index in [1.165, 1.54) is 0 Å². The molecule has 0 heterocycles. The van der Waals surface area contributed by atoms with Crippen LogP contribution in [0.5, 0.6) is 0 Å². The van der Waals surface area contributed by atoms with E-state index in [2.05, 4.69) is 10.6 Å². The molecule has 1 rings (SSSR count). The van der Waals surface area contributed by atoms with Crippen LogP contribution in [-0.2, 0) is 9.53 Å². The smallest absolute Gasteiger partial charge is 0.328 e. The molecule has 104 valence electrons. The number of rotatable bonds is 8. The summed E-state index contributed by atoms with van der Waals surface area (Å²) in [6.45, 7) is 0.523. The van der Waals surface area contributed by atoms with Gasteiger partial charge in [-0.15, -0.1) is 0 Å². The number of carboxylic acids is 1. The maximum atomic E-state index is 11.4. The summed E-state index contributed by atoms with van der Waals surface area (Å²) in [5.74, 6) is -1.26. The van der Waals surface area contributed by atoms with Gasteiger partial charge in [-0.1, -0.05) is 0 Å². The maximum absolute atomic E-state index is 11.4. The molecule has 1 aliphatic rings. The van der Waals surface area contributed by atoms with Crippen LogP contribution in [0.15, 0.2) is 0 Å². The number of aliphatic hydroxyl groups excluding tert-OH is 1. The van der Waals surface area contributed by atoms with E-state index in [1.807, 2.05) is 0 Å². The third-order valence-corrected chi connectivity index (χ3v) is 3.20. The summed E-state index contributed by atoms with van der Waals surface area (Å²) in [5, 5.41) is 22.2. The van der Waals surface area contributed by atoms with Gasteiger partial charge in [0, 0.05) is 20.3 Å². The first-order valence-electron chi connectivity index (χ1n) is 5.90. The summed E-state index contributed by atoms with van der Waals surface area (Å²) in [4.78, 5) is 22.0. The van der Waals surface area contributed by atoms with Gasteiger partial charge in [-0.3, -0.25) is 0 Å². The van der Waals surface area contributed by atoms with Gasteiger partial charge in [0.25, 0.3) is 0 Å². The highest BCUT2D eigenvalue weighted by Gasteiger charge is 2.42. The van der Waals surface area contributed by atoms with Gasteiger partial charge < -0.3 is 25.6 Å². The van der Waals surface area contributed by atoms with Gasteiger partial charge in [0.1, 0.15) is 0 Å². The van der Waals surface area contributed by atoms with E-state index in [0.29, 0.717) is 13.2 Å². The largest absolute Gasteiger partial charge is 0.480 e. The van der Waals surface area contributed by atoms with Crippen molar-refractivity contribution in [2.75, 3.05) is 26.9 Å². The second kappa shape index (κ2) is 6.55. The Balaban J connectivity index is 2.26. The van der Waals surface area contributed by atoms with Crippen molar-refractivity contribution < 1.29 is 24.5 Å². The summed E-state index contributed by atoms with van der Waals surface area (Å²) in [6, 6.07) is -1.83.